The number of carbonyl (C=O) groups is 9. The molecule has 0 fully saturated rings. The third-order valence-corrected chi connectivity index (χ3v) is 14.9. The predicted octanol–water partition coefficient (Wildman–Crippen LogP) is -1.30. The van der Waals surface area contributed by atoms with Crippen LogP contribution in [0.3, 0.4) is 0 Å². The van der Waals surface area contributed by atoms with Gasteiger partial charge in [-0.1, -0.05) is 97.4 Å². The number of carboxylic acids is 1. The fraction of sp³-hybridized carbons (Fsp3) is 0.556. The molecule has 0 aliphatic rings. The normalized spacial score (nSPS) is 14.1. The van der Waals surface area contributed by atoms with E-state index < -0.39 is 108 Å². The second kappa shape index (κ2) is 44.4. The largest absolute Gasteiger partial charge is 0.480 e. The number of hydrogen-bond acceptors (Lipinski definition) is 16. The summed E-state index contributed by atoms with van der Waals surface area (Å²) in [6.07, 6.45) is 5.45. The topological polar surface area (TPSA) is 491 Å². The molecule has 3 rings (SSSR count). The summed E-state index contributed by atoms with van der Waals surface area (Å²) in [4.78, 5) is 131. The number of hydrogen-bond donors (Lipinski definition) is 17. The molecule has 25 N–H and O–H groups in total. The highest BCUT2D eigenvalue weighted by Crippen LogP contribution is 2.14. The van der Waals surface area contributed by atoms with Crippen molar-refractivity contribution in [2.75, 3.05) is 39.3 Å². The van der Waals surface area contributed by atoms with Crippen molar-refractivity contribution < 1.29 is 48.3 Å². The van der Waals surface area contributed by atoms with E-state index in [1.54, 1.807) is 91.0 Å². The first-order valence-electron chi connectivity index (χ1n) is 31.4. The Morgan fingerprint density at radius 2 is 0.578 bits per heavy atom. The molecular weight excluding hydrogens is 1150 g/mol. The maximum Gasteiger partial charge on any atom is 0.326 e. The predicted molar refractivity (Wildman–Crippen MR) is 346 cm³/mol. The monoisotopic (exact) mass is 1260 g/mol. The maximum atomic E-state index is 14.9. The zero-order valence-corrected chi connectivity index (χ0v) is 51.9. The van der Waals surface area contributed by atoms with E-state index in [-0.39, 0.29) is 83.4 Å². The van der Waals surface area contributed by atoms with Gasteiger partial charge in [-0.2, -0.15) is 0 Å². The number of aliphatic carboxylic acids is 1. The molecule has 0 radical (unpaired) electrons. The number of unbranched alkanes of at least 4 members (excludes halogenated alkanes) is 5. The Balaban J connectivity index is 2.02. The summed E-state index contributed by atoms with van der Waals surface area (Å²) in [6, 6.07) is 15.1. The minimum atomic E-state index is -1.37. The first-order valence-corrected chi connectivity index (χ1v) is 31.4. The molecule has 0 saturated carbocycles. The number of carbonyl (C=O) groups excluding carboxylic acids is 8. The van der Waals surface area contributed by atoms with Gasteiger partial charge in [-0.3, -0.25) is 43.3 Å². The van der Waals surface area contributed by atoms with Crippen LogP contribution in [0.4, 0.5) is 0 Å². The molecule has 0 aliphatic heterocycles. The summed E-state index contributed by atoms with van der Waals surface area (Å²) in [5.74, 6) is -7.30. The van der Waals surface area contributed by atoms with E-state index >= 15 is 0 Å². The number of rotatable bonds is 47. The molecule has 0 aromatic heterocycles. The number of amides is 8. The van der Waals surface area contributed by atoms with E-state index in [1.165, 1.54) is 0 Å². The Hall–Kier alpha value is -8.08. The molecule has 27 nitrogen and oxygen atoms in total. The van der Waals surface area contributed by atoms with Crippen LogP contribution < -0.4 is 88.4 Å². The zero-order valence-electron chi connectivity index (χ0n) is 51.9. The number of nitrogens with one attached hydrogen (secondary N) is 8. The van der Waals surface area contributed by atoms with Gasteiger partial charge in [0.05, 0.1) is 6.04 Å². The van der Waals surface area contributed by atoms with Gasteiger partial charge in [0.25, 0.3) is 0 Å². The van der Waals surface area contributed by atoms with Gasteiger partial charge in [-0.15, -0.1) is 0 Å². The van der Waals surface area contributed by atoms with Gasteiger partial charge in [-0.05, 0) is 152 Å². The van der Waals surface area contributed by atoms with E-state index in [0.717, 1.165) is 0 Å². The molecular formula is C63H101N17O10. The number of aliphatic imine (C=N–C) groups is 1. The van der Waals surface area contributed by atoms with Gasteiger partial charge in [0.1, 0.15) is 48.3 Å². The molecule has 0 aliphatic carbocycles. The van der Waals surface area contributed by atoms with Crippen molar-refractivity contribution in [3.05, 3.63) is 108 Å². The molecule has 498 valence electrons. The van der Waals surface area contributed by atoms with Crippen LogP contribution >= 0.6 is 0 Å². The summed E-state index contributed by atoms with van der Waals surface area (Å²) in [5.41, 5.74) is 48.1. The lowest BCUT2D eigenvalue weighted by molar-refractivity contribution is -0.142. The molecule has 0 saturated heterocycles. The summed E-state index contributed by atoms with van der Waals surface area (Å²) >= 11 is 0. The average Bonchev–Trinajstić information content (AvgIpc) is 1.30. The van der Waals surface area contributed by atoms with E-state index in [2.05, 4.69) is 47.5 Å². The zero-order chi connectivity index (χ0) is 66.1. The van der Waals surface area contributed by atoms with Gasteiger partial charge < -0.3 is 93.5 Å². The van der Waals surface area contributed by atoms with Crippen LogP contribution in [0.25, 0.3) is 0 Å². The van der Waals surface area contributed by atoms with E-state index in [4.69, 9.17) is 45.9 Å². The molecule has 9 atom stereocenters. The SMILES string of the molecule is NCCCC[C@H](NC(=O)[C@H](CCCCN)NC(=O)[C@H](Cc1ccccc1)NC(=O)[C@H](Cc1ccccc1)NC(=O)[C@H](CCCCN)NC(=O)[C@H](CCCCN)NC(=O)[C@H](Cc1ccccc1)NC(=O)[C@H](CCCN=C(N)N)NC(=O)[C@@H](N)CCCCN)C(=O)O. The molecule has 0 unspecified atom stereocenters. The van der Waals surface area contributed by atoms with Gasteiger partial charge in [0.2, 0.25) is 47.3 Å². The van der Waals surface area contributed by atoms with Crippen LogP contribution in [-0.4, -0.2) is 158 Å². The van der Waals surface area contributed by atoms with Crippen molar-refractivity contribution in [3.63, 3.8) is 0 Å². The Morgan fingerprint density at radius 1 is 0.333 bits per heavy atom. The van der Waals surface area contributed by atoms with Crippen molar-refractivity contribution >= 4 is 59.2 Å². The van der Waals surface area contributed by atoms with Crippen molar-refractivity contribution in [1.29, 1.82) is 0 Å². The van der Waals surface area contributed by atoms with Crippen LogP contribution in [-0.2, 0) is 62.4 Å². The Morgan fingerprint density at radius 3 is 0.867 bits per heavy atom. The number of carboxylic acid groups (broad SMARTS) is 1. The van der Waals surface area contributed by atoms with Crippen LogP contribution in [0, 0.1) is 0 Å². The van der Waals surface area contributed by atoms with Crippen LogP contribution in [0.1, 0.15) is 126 Å². The van der Waals surface area contributed by atoms with Crippen LogP contribution in [0.5, 0.6) is 0 Å². The molecule has 0 bridgehead atoms. The third-order valence-electron chi connectivity index (χ3n) is 14.9. The Labute approximate surface area is 528 Å². The highest BCUT2D eigenvalue weighted by atomic mass is 16.4. The van der Waals surface area contributed by atoms with Gasteiger partial charge in [0, 0.05) is 25.8 Å². The maximum absolute atomic E-state index is 14.9. The molecule has 8 amide bonds. The van der Waals surface area contributed by atoms with Crippen molar-refractivity contribution in [1.82, 2.24) is 42.5 Å². The third kappa shape index (κ3) is 30.4. The van der Waals surface area contributed by atoms with E-state index in [9.17, 15) is 48.3 Å². The van der Waals surface area contributed by atoms with Crippen molar-refractivity contribution in [3.8, 4) is 0 Å². The molecule has 0 heterocycles. The first kappa shape index (κ1) is 76.2. The van der Waals surface area contributed by atoms with Gasteiger partial charge >= 0.3 is 5.97 Å². The summed E-state index contributed by atoms with van der Waals surface area (Å²) in [5, 5.41) is 32.1. The highest BCUT2D eigenvalue weighted by molar-refractivity contribution is 5.98. The molecule has 3 aromatic carbocycles. The highest BCUT2D eigenvalue weighted by Gasteiger charge is 2.35. The van der Waals surface area contributed by atoms with Crippen molar-refractivity contribution in [2.24, 2.45) is 50.9 Å². The number of nitrogens with zero attached hydrogens (tertiary/aromatic N) is 1. The fourth-order valence-electron chi connectivity index (χ4n) is 9.81. The molecule has 0 spiro atoms. The van der Waals surface area contributed by atoms with Gasteiger partial charge in [0.15, 0.2) is 5.96 Å². The molecule has 3 aromatic rings. The quantitative estimate of drug-likeness (QED) is 0.0178. The number of benzene rings is 3. The van der Waals surface area contributed by atoms with E-state index in [1.807, 2.05) is 0 Å². The fourth-order valence-corrected chi connectivity index (χ4v) is 9.81. The van der Waals surface area contributed by atoms with Gasteiger partial charge in [-0.25, -0.2) is 4.79 Å². The molecule has 90 heavy (non-hydrogen) atoms. The smallest absolute Gasteiger partial charge is 0.326 e. The lowest BCUT2D eigenvalue weighted by Gasteiger charge is -2.28. The number of nitrogens with two attached hydrogens (primary N) is 8. The lowest BCUT2D eigenvalue weighted by Crippen LogP contribution is -2.61. The van der Waals surface area contributed by atoms with Crippen LogP contribution in [0.2, 0.25) is 0 Å². The Kier molecular flexibility index (Phi) is 37.6. The summed E-state index contributed by atoms with van der Waals surface area (Å²) in [6.45, 7) is 1.69. The summed E-state index contributed by atoms with van der Waals surface area (Å²) < 4.78 is 0. The standard InChI is InChI=1S/C63H101N17O10/c64-33-15-10-27-45(69)54(81)73-49(32-20-38-72-63(70)71)58(85)78-51(39-42-21-4-1-5-22-42)59(86)75-46(28-11-16-34-65)55(82)74-48(30-13-18-36-67)57(84)79-53(41-44-25-8-3-9-26-44)61(88)80-52(40-43-23-6-2-7-24-43)60(87)76-47(29-12-17-35-66)56(83)77-50(62(89)90)31-14-19-37-68/h1-9,21-26,45-53H,10-20,27-41,64-69H2,(H,73,81)(H,74,82)(H,75,86)(H,76,87)(H,77,83)(H,78,85)(H,79,84)(H,80,88)(H,89,90)(H4,70,71,72)/t45-,46-,47-,48-,49-,50-,51-,52-,53-/m0/s1. The second-order valence-electron chi connectivity index (χ2n) is 22.4. The first-order chi connectivity index (χ1) is 43.3. The van der Waals surface area contributed by atoms with Crippen LogP contribution in [0.15, 0.2) is 96.0 Å². The Bertz CT molecular complexity index is 2660. The molecule has 27 heteroatoms. The van der Waals surface area contributed by atoms with Crippen molar-refractivity contribution in [2.45, 2.75) is 183 Å². The van der Waals surface area contributed by atoms with E-state index in [0.29, 0.717) is 107 Å². The summed E-state index contributed by atoms with van der Waals surface area (Å²) in [7, 11) is 0. The second-order valence-corrected chi connectivity index (χ2v) is 22.4. The minimum Gasteiger partial charge on any atom is -0.480 e. The lowest BCUT2D eigenvalue weighted by atomic mass is 10.0. The average molecular weight is 1260 g/mol. The minimum absolute atomic E-state index is 0.0416. The number of guanidine groups is 1.